The van der Waals surface area contributed by atoms with Crippen LogP contribution in [0.3, 0.4) is 0 Å². The summed E-state index contributed by atoms with van der Waals surface area (Å²) in [5.74, 6) is 2.90. The number of rotatable bonds is 5. The van der Waals surface area contributed by atoms with Gasteiger partial charge in [0.1, 0.15) is 23.5 Å². The Labute approximate surface area is 169 Å². The molecule has 0 aromatic carbocycles. The van der Waals surface area contributed by atoms with Crippen molar-refractivity contribution in [1.82, 2.24) is 19.9 Å². The van der Waals surface area contributed by atoms with Crippen LogP contribution in [-0.4, -0.2) is 71.3 Å². The lowest BCUT2D eigenvalue weighted by atomic mass is 10.1. The van der Waals surface area contributed by atoms with Crippen molar-refractivity contribution in [1.29, 1.82) is 0 Å². The molecular weight excluding hydrogens is 370 g/mol. The zero-order valence-electron chi connectivity index (χ0n) is 16.6. The van der Waals surface area contributed by atoms with E-state index in [9.17, 15) is 4.79 Å². The van der Waals surface area contributed by atoms with Gasteiger partial charge in [-0.3, -0.25) is 4.79 Å². The molecule has 29 heavy (non-hydrogen) atoms. The lowest BCUT2D eigenvalue weighted by molar-refractivity contribution is -0.141. The van der Waals surface area contributed by atoms with E-state index in [1.807, 2.05) is 24.0 Å². The molecule has 8 heteroatoms. The molecular formula is C21H25N5O3. The van der Waals surface area contributed by atoms with Crippen molar-refractivity contribution in [3.05, 3.63) is 30.4 Å². The minimum atomic E-state index is 0.0276. The molecule has 0 atom stereocenters. The second kappa shape index (κ2) is 7.59. The third-order valence-electron chi connectivity index (χ3n) is 5.59. The van der Waals surface area contributed by atoms with Gasteiger partial charge in [0.25, 0.3) is 0 Å². The van der Waals surface area contributed by atoms with Crippen LogP contribution in [0.25, 0.3) is 11.3 Å². The van der Waals surface area contributed by atoms with E-state index in [0.717, 1.165) is 54.6 Å². The first kappa shape index (κ1) is 18.3. The van der Waals surface area contributed by atoms with Crippen molar-refractivity contribution >= 4 is 11.7 Å². The number of likely N-dealkylation sites (tertiary alicyclic amines) is 1. The minimum absolute atomic E-state index is 0.0276. The first-order valence-electron chi connectivity index (χ1n) is 10.2. The maximum absolute atomic E-state index is 12.1. The van der Waals surface area contributed by atoms with Gasteiger partial charge in [-0.15, -0.1) is 0 Å². The third kappa shape index (κ3) is 4.03. The zero-order chi connectivity index (χ0) is 19.8. The van der Waals surface area contributed by atoms with E-state index in [1.54, 1.807) is 12.4 Å². The van der Waals surface area contributed by atoms with Gasteiger partial charge in [-0.25, -0.2) is 15.0 Å². The van der Waals surface area contributed by atoms with Gasteiger partial charge in [-0.2, -0.15) is 0 Å². The van der Waals surface area contributed by atoms with Gasteiger partial charge in [0, 0.05) is 49.1 Å². The molecule has 2 saturated heterocycles. The largest absolute Gasteiger partial charge is 0.487 e. The van der Waals surface area contributed by atoms with E-state index in [2.05, 4.69) is 14.9 Å². The summed E-state index contributed by atoms with van der Waals surface area (Å²) in [5, 5.41) is 0. The molecule has 1 saturated carbocycles. The average Bonchev–Trinajstić information content (AvgIpc) is 3.56. The monoisotopic (exact) mass is 395 g/mol. The maximum Gasteiger partial charge on any atom is 0.225 e. The molecule has 5 rings (SSSR count). The summed E-state index contributed by atoms with van der Waals surface area (Å²) in [5.41, 5.74) is 1.64. The summed E-state index contributed by atoms with van der Waals surface area (Å²) in [7, 11) is 0. The van der Waals surface area contributed by atoms with E-state index >= 15 is 0 Å². The van der Waals surface area contributed by atoms with Crippen molar-refractivity contribution in [3.63, 3.8) is 0 Å². The molecule has 0 N–H and O–H groups in total. The van der Waals surface area contributed by atoms with Crippen LogP contribution < -0.4 is 9.64 Å². The molecule has 0 unspecified atom stereocenters. The van der Waals surface area contributed by atoms with Gasteiger partial charge in [-0.1, -0.05) is 0 Å². The number of aromatic nitrogens is 3. The topological polar surface area (TPSA) is 80.7 Å². The van der Waals surface area contributed by atoms with Crippen LogP contribution in [0.4, 0.5) is 5.82 Å². The van der Waals surface area contributed by atoms with Crippen molar-refractivity contribution < 1.29 is 14.3 Å². The molecule has 3 fully saturated rings. The number of aryl methyl sites for hydroxylation is 1. The van der Waals surface area contributed by atoms with Crippen molar-refractivity contribution in [2.45, 2.75) is 25.9 Å². The first-order valence-corrected chi connectivity index (χ1v) is 10.2. The zero-order valence-corrected chi connectivity index (χ0v) is 16.6. The van der Waals surface area contributed by atoms with Gasteiger partial charge in [0.15, 0.2) is 0 Å². The number of nitrogens with zero attached hydrogens (tertiary/aromatic N) is 5. The number of carbonyl (C=O) groups is 1. The van der Waals surface area contributed by atoms with Crippen LogP contribution in [0.2, 0.25) is 0 Å². The van der Waals surface area contributed by atoms with E-state index < -0.39 is 0 Å². The molecule has 1 amide bonds. The van der Waals surface area contributed by atoms with Gasteiger partial charge >= 0.3 is 0 Å². The summed E-state index contributed by atoms with van der Waals surface area (Å²) in [6, 6.07) is 3.92. The van der Waals surface area contributed by atoms with Crippen LogP contribution in [0.1, 0.15) is 18.7 Å². The quantitative estimate of drug-likeness (QED) is 0.762. The third-order valence-corrected chi connectivity index (χ3v) is 5.59. The Balaban J connectivity index is 1.36. The number of pyridine rings is 1. The minimum Gasteiger partial charge on any atom is -0.487 e. The van der Waals surface area contributed by atoms with Crippen molar-refractivity contribution in [2.24, 2.45) is 5.92 Å². The van der Waals surface area contributed by atoms with E-state index in [-0.39, 0.29) is 17.9 Å². The van der Waals surface area contributed by atoms with Gasteiger partial charge in [0.05, 0.1) is 32.0 Å². The lowest BCUT2D eigenvalue weighted by Crippen LogP contribution is -2.56. The maximum atomic E-state index is 12.1. The van der Waals surface area contributed by atoms with Gasteiger partial charge in [0.2, 0.25) is 5.91 Å². The van der Waals surface area contributed by atoms with Crippen LogP contribution in [-0.2, 0) is 9.53 Å². The van der Waals surface area contributed by atoms with E-state index in [0.29, 0.717) is 26.3 Å². The highest BCUT2D eigenvalue weighted by molar-refractivity contribution is 5.81. The standard InChI is InChI=1S/C21H25N5O3/c1-14-22-10-16(11-23-14)19-8-17(9-20(24-19)25-4-6-28-7-5-25)29-18-12-26(13-18)21(27)15-2-3-15/h8-11,15,18H,2-7,12-13H2,1H3. The van der Waals surface area contributed by atoms with Crippen LogP contribution in [0.5, 0.6) is 5.75 Å². The molecule has 152 valence electrons. The Morgan fingerprint density at radius 1 is 1.14 bits per heavy atom. The van der Waals surface area contributed by atoms with Crippen LogP contribution in [0.15, 0.2) is 24.5 Å². The molecule has 0 spiro atoms. The molecule has 3 aliphatic rings. The number of morpholine rings is 1. The molecule has 8 nitrogen and oxygen atoms in total. The smallest absolute Gasteiger partial charge is 0.225 e. The molecule has 2 aromatic heterocycles. The summed E-state index contributed by atoms with van der Waals surface area (Å²) in [4.78, 5) is 29.7. The number of carbonyl (C=O) groups excluding carboxylic acids is 1. The Bertz CT molecular complexity index is 888. The molecule has 2 aromatic rings. The molecule has 4 heterocycles. The molecule has 1 aliphatic carbocycles. The van der Waals surface area contributed by atoms with E-state index in [4.69, 9.17) is 14.5 Å². The Kier molecular flexibility index (Phi) is 4.79. The average molecular weight is 395 g/mol. The summed E-state index contributed by atoms with van der Waals surface area (Å²) >= 11 is 0. The SMILES string of the molecule is Cc1ncc(-c2cc(OC3CN(C(=O)C4CC4)C3)cc(N3CCOCC3)n2)cn1. The number of anilines is 1. The lowest BCUT2D eigenvalue weighted by Gasteiger charge is -2.39. The highest BCUT2D eigenvalue weighted by Gasteiger charge is 2.40. The van der Waals surface area contributed by atoms with Gasteiger partial charge in [-0.05, 0) is 19.8 Å². The fourth-order valence-corrected chi connectivity index (χ4v) is 3.66. The highest BCUT2D eigenvalue weighted by atomic mass is 16.5. The van der Waals surface area contributed by atoms with Crippen LogP contribution in [0, 0.1) is 12.8 Å². The van der Waals surface area contributed by atoms with Gasteiger partial charge < -0.3 is 19.3 Å². The number of amides is 1. The molecule has 0 radical (unpaired) electrons. The van der Waals surface area contributed by atoms with Crippen molar-refractivity contribution in [2.75, 3.05) is 44.3 Å². The summed E-state index contributed by atoms with van der Waals surface area (Å²) in [6.45, 7) is 6.16. The fraction of sp³-hybridized carbons (Fsp3) is 0.524. The number of hydrogen-bond donors (Lipinski definition) is 0. The predicted molar refractivity (Wildman–Crippen MR) is 107 cm³/mol. The Morgan fingerprint density at radius 2 is 1.86 bits per heavy atom. The first-order chi connectivity index (χ1) is 14.2. The normalized spacial score (nSPS) is 19.8. The summed E-state index contributed by atoms with van der Waals surface area (Å²) < 4.78 is 11.7. The number of ether oxygens (including phenoxy) is 2. The predicted octanol–water partition coefficient (Wildman–Crippen LogP) is 1.68. The Hall–Kier alpha value is -2.74. The van der Waals surface area contributed by atoms with Crippen LogP contribution >= 0.6 is 0 Å². The Morgan fingerprint density at radius 3 is 2.55 bits per heavy atom. The van der Waals surface area contributed by atoms with E-state index in [1.165, 1.54) is 0 Å². The number of hydrogen-bond acceptors (Lipinski definition) is 7. The second-order valence-electron chi connectivity index (χ2n) is 7.92. The highest BCUT2D eigenvalue weighted by Crippen LogP contribution is 2.34. The summed E-state index contributed by atoms with van der Waals surface area (Å²) in [6.07, 6.45) is 5.68. The molecule has 2 aliphatic heterocycles. The second-order valence-corrected chi connectivity index (χ2v) is 7.92. The fourth-order valence-electron chi connectivity index (χ4n) is 3.66. The molecule has 0 bridgehead atoms. The van der Waals surface area contributed by atoms with Crippen molar-refractivity contribution in [3.8, 4) is 17.0 Å².